The van der Waals surface area contributed by atoms with Crippen LogP contribution in [-0.2, 0) is 4.43 Å². The molecule has 1 fully saturated rings. The number of halogens is 1. The molecule has 2 unspecified atom stereocenters. The molecule has 0 bridgehead atoms. The van der Waals surface area contributed by atoms with Crippen molar-refractivity contribution in [3.05, 3.63) is 0 Å². The maximum Gasteiger partial charge on any atom is 0.194 e. The van der Waals surface area contributed by atoms with E-state index >= 15 is 0 Å². The molecular weight excluding hydrogens is 164 g/mol. The van der Waals surface area contributed by atoms with Gasteiger partial charge in [-0.15, -0.1) is 11.6 Å². The Morgan fingerprint density at radius 1 is 1.60 bits per heavy atom. The monoisotopic (exact) mass is 178 g/mol. The molecule has 0 saturated carbocycles. The summed E-state index contributed by atoms with van der Waals surface area (Å²) in [6, 6.07) is 1.29. The lowest BCUT2D eigenvalue weighted by Gasteiger charge is -2.24. The first kappa shape index (κ1) is 8.56. The second-order valence-corrected chi connectivity index (χ2v) is 6.60. The highest BCUT2D eigenvalue weighted by Crippen LogP contribution is 2.18. The summed E-state index contributed by atoms with van der Waals surface area (Å²) >= 11 is 6.08. The average molecular weight is 179 g/mol. The first-order valence-electron chi connectivity index (χ1n) is 4.10. The summed E-state index contributed by atoms with van der Waals surface area (Å²) in [5, 5.41) is 0.375. The van der Waals surface area contributed by atoms with Crippen LogP contribution < -0.4 is 0 Å². The van der Waals surface area contributed by atoms with Gasteiger partial charge in [0.25, 0.3) is 0 Å². The van der Waals surface area contributed by atoms with Gasteiger partial charge in [-0.1, -0.05) is 13.3 Å². The predicted molar refractivity (Wildman–Crippen MR) is 47.1 cm³/mol. The second-order valence-electron chi connectivity index (χ2n) is 2.83. The van der Waals surface area contributed by atoms with Crippen LogP contribution >= 0.6 is 11.6 Å². The van der Waals surface area contributed by atoms with Crippen LogP contribution in [0.25, 0.3) is 0 Å². The Labute approximate surface area is 69.4 Å². The molecule has 0 radical (unpaired) electrons. The Morgan fingerprint density at radius 2 is 2.40 bits per heavy atom. The van der Waals surface area contributed by atoms with Crippen molar-refractivity contribution in [2.45, 2.75) is 37.2 Å². The Kier molecular flexibility index (Phi) is 3.74. The summed E-state index contributed by atoms with van der Waals surface area (Å²) in [4.78, 5) is 0. The lowest BCUT2D eigenvalue weighted by atomic mass is 10.4. The van der Waals surface area contributed by atoms with Gasteiger partial charge in [0, 0.05) is 11.6 Å². The normalized spacial score (nSPS) is 30.0. The van der Waals surface area contributed by atoms with Gasteiger partial charge in [0.2, 0.25) is 0 Å². The van der Waals surface area contributed by atoms with Gasteiger partial charge in [0.05, 0.1) is 0 Å². The molecule has 0 spiro atoms. The molecule has 10 heavy (non-hydrogen) atoms. The third-order valence-corrected chi connectivity index (χ3v) is 6.08. The van der Waals surface area contributed by atoms with E-state index in [0.29, 0.717) is 5.00 Å². The van der Waals surface area contributed by atoms with E-state index in [4.69, 9.17) is 16.0 Å². The van der Waals surface area contributed by atoms with Crippen molar-refractivity contribution < 1.29 is 4.43 Å². The second kappa shape index (κ2) is 4.37. The Bertz CT molecular complexity index is 93.6. The van der Waals surface area contributed by atoms with Crippen LogP contribution in [0.1, 0.15) is 26.2 Å². The molecule has 60 valence electrons. The largest absolute Gasteiger partial charge is 0.419 e. The minimum absolute atomic E-state index is 0.375. The van der Waals surface area contributed by atoms with E-state index in [9.17, 15) is 0 Å². The maximum atomic E-state index is 6.08. The molecule has 1 rings (SSSR count). The van der Waals surface area contributed by atoms with E-state index in [1.807, 2.05) is 0 Å². The summed E-state index contributed by atoms with van der Waals surface area (Å²) in [6.07, 6.45) is 3.68. The van der Waals surface area contributed by atoms with E-state index in [1.54, 1.807) is 0 Å². The van der Waals surface area contributed by atoms with Gasteiger partial charge < -0.3 is 4.43 Å². The van der Waals surface area contributed by atoms with Crippen LogP contribution in [0.15, 0.2) is 0 Å². The lowest BCUT2D eigenvalue weighted by Crippen LogP contribution is -2.32. The number of alkyl halides is 1. The molecule has 0 amide bonds. The smallest absolute Gasteiger partial charge is 0.194 e. The highest BCUT2D eigenvalue weighted by Gasteiger charge is 2.22. The summed E-state index contributed by atoms with van der Waals surface area (Å²) in [6.45, 7) is 3.11. The van der Waals surface area contributed by atoms with Crippen molar-refractivity contribution in [3.8, 4) is 0 Å². The van der Waals surface area contributed by atoms with Crippen molar-refractivity contribution in [2.24, 2.45) is 0 Å². The zero-order valence-electron chi connectivity index (χ0n) is 6.48. The molecule has 0 aliphatic carbocycles. The van der Waals surface area contributed by atoms with Gasteiger partial charge in [0.15, 0.2) is 9.04 Å². The van der Waals surface area contributed by atoms with Gasteiger partial charge in [0.1, 0.15) is 0 Å². The molecule has 1 saturated heterocycles. The zero-order valence-corrected chi connectivity index (χ0v) is 8.39. The van der Waals surface area contributed by atoms with Gasteiger partial charge in [-0.2, -0.15) is 0 Å². The van der Waals surface area contributed by atoms with Crippen molar-refractivity contribution in [2.75, 3.05) is 6.61 Å². The summed E-state index contributed by atoms with van der Waals surface area (Å²) in [7, 11) is -0.955. The quantitative estimate of drug-likeness (QED) is 0.465. The van der Waals surface area contributed by atoms with Gasteiger partial charge in [-0.25, -0.2) is 0 Å². The number of rotatable bonds is 2. The average Bonchev–Trinajstić information content (AvgIpc) is 2.05. The molecule has 2 atom stereocenters. The first-order valence-corrected chi connectivity index (χ1v) is 6.49. The van der Waals surface area contributed by atoms with Crippen LogP contribution in [0.2, 0.25) is 6.04 Å². The minimum atomic E-state index is -0.955. The van der Waals surface area contributed by atoms with Gasteiger partial charge in [-0.05, 0) is 18.9 Å². The fraction of sp³-hybridized carbons (Fsp3) is 1.00. The molecular formula is C7H15ClOSi. The van der Waals surface area contributed by atoms with E-state index in [-0.39, 0.29) is 0 Å². The molecule has 1 aliphatic heterocycles. The number of hydrogen-bond donors (Lipinski definition) is 0. The third kappa shape index (κ3) is 2.26. The fourth-order valence-electron chi connectivity index (χ4n) is 1.31. The Hall–Kier alpha value is 0.467. The van der Waals surface area contributed by atoms with Crippen LogP contribution in [0, 0.1) is 0 Å². The molecule has 1 aliphatic rings. The van der Waals surface area contributed by atoms with Crippen LogP contribution in [0.3, 0.4) is 0 Å². The maximum absolute atomic E-state index is 6.08. The molecule has 0 aromatic rings. The SMILES string of the molecule is CCC(Cl)[SiH]1CCCCO1. The van der Waals surface area contributed by atoms with Gasteiger partial charge in [-0.3, -0.25) is 0 Å². The number of hydrogen-bond acceptors (Lipinski definition) is 1. The van der Waals surface area contributed by atoms with Gasteiger partial charge >= 0.3 is 0 Å². The van der Waals surface area contributed by atoms with E-state index in [1.165, 1.54) is 18.9 Å². The minimum Gasteiger partial charge on any atom is -0.419 e. The molecule has 3 heteroatoms. The Balaban J connectivity index is 2.24. The third-order valence-electron chi connectivity index (χ3n) is 2.01. The molecule has 0 aromatic carbocycles. The van der Waals surface area contributed by atoms with Crippen LogP contribution in [-0.4, -0.2) is 20.6 Å². The molecule has 0 aromatic heterocycles. The topological polar surface area (TPSA) is 9.23 Å². The highest BCUT2D eigenvalue weighted by molar-refractivity contribution is 6.64. The highest BCUT2D eigenvalue weighted by atomic mass is 35.5. The zero-order chi connectivity index (χ0) is 7.40. The van der Waals surface area contributed by atoms with Crippen molar-refractivity contribution in [3.63, 3.8) is 0 Å². The van der Waals surface area contributed by atoms with E-state index in [0.717, 1.165) is 13.0 Å². The van der Waals surface area contributed by atoms with Crippen molar-refractivity contribution in [1.29, 1.82) is 0 Å². The van der Waals surface area contributed by atoms with Crippen LogP contribution in [0.4, 0.5) is 0 Å². The van der Waals surface area contributed by atoms with E-state index < -0.39 is 9.04 Å². The summed E-state index contributed by atoms with van der Waals surface area (Å²) in [5.41, 5.74) is 0. The van der Waals surface area contributed by atoms with Crippen molar-refractivity contribution in [1.82, 2.24) is 0 Å². The standard InChI is InChI=1S/C7H15ClOSi/c1-2-7(8)10-6-4-3-5-9-10/h7,10H,2-6H2,1H3. The summed E-state index contributed by atoms with van der Waals surface area (Å²) in [5.74, 6) is 0. The molecule has 1 heterocycles. The lowest BCUT2D eigenvalue weighted by molar-refractivity contribution is 0.284. The molecule has 1 nitrogen and oxygen atoms in total. The Morgan fingerprint density at radius 3 is 2.90 bits per heavy atom. The van der Waals surface area contributed by atoms with Crippen molar-refractivity contribution >= 4 is 20.6 Å². The predicted octanol–water partition coefficient (Wildman–Crippen LogP) is 2.08. The first-order chi connectivity index (χ1) is 4.84. The molecule has 0 N–H and O–H groups in total. The van der Waals surface area contributed by atoms with E-state index in [2.05, 4.69) is 6.92 Å². The fourth-order valence-corrected chi connectivity index (χ4v) is 4.33. The van der Waals surface area contributed by atoms with Crippen LogP contribution in [0.5, 0.6) is 0 Å². The summed E-state index contributed by atoms with van der Waals surface area (Å²) < 4.78 is 5.64.